The van der Waals surface area contributed by atoms with Crippen LogP contribution in [-0.2, 0) is 10.0 Å². The third kappa shape index (κ3) is 4.70. The van der Waals surface area contributed by atoms with Crippen molar-refractivity contribution < 1.29 is 26.4 Å². The standard InChI is InChI=1S/C30H23FN4O5S/c1-32-30(36)28-22-14-21(23-12-19(16-33-34-23)26-13-18-6-4-5-7-25(18)39-26)24(35(2)41(3,37)38)15-27(22)40-29(28)17-8-10-20(31)11-9-17/h4-16H,1-3H3,(H,32,36). The van der Waals surface area contributed by atoms with Gasteiger partial charge in [0.2, 0.25) is 10.0 Å². The van der Waals surface area contributed by atoms with Crippen molar-refractivity contribution in [3.63, 3.8) is 0 Å². The smallest absolute Gasteiger partial charge is 0.255 e. The van der Waals surface area contributed by atoms with E-state index >= 15 is 0 Å². The fourth-order valence-electron chi connectivity index (χ4n) is 4.69. The van der Waals surface area contributed by atoms with E-state index in [1.165, 1.54) is 38.4 Å². The van der Waals surface area contributed by atoms with Gasteiger partial charge in [-0.25, -0.2) is 12.8 Å². The fourth-order valence-corrected chi connectivity index (χ4v) is 5.20. The van der Waals surface area contributed by atoms with Gasteiger partial charge in [0.15, 0.2) is 0 Å². The Bertz CT molecular complexity index is 2030. The molecule has 0 saturated heterocycles. The molecule has 11 heteroatoms. The zero-order valence-electron chi connectivity index (χ0n) is 22.2. The minimum Gasteiger partial charge on any atom is -0.456 e. The molecule has 9 nitrogen and oxygen atoms in total. The number of amides is 1. The Morgan fingerprint density at radius 2 is 1.71 bits per heavy atom. The molecule has 0 bridgehead atoms. The lowest BCUT2D eigenvalue weighted by Gasteiger charge is -2.20. The minimum absolute atomic E-state index is 0.213. The van der Waals surface area contributed by atoms with Gasteiger partial charge in [0.1, 0.15) is 28.5 Å². The van der Waals surface area contributed by atoms with Crippen molar-refractivity contribution in [2.45, 2.75) is 0 Å². The molecule has 0 atom stereocenters. The van der Waals surface area contributed by atoms with Gasteiger partial charge < -0.3 is 14.2 Å². The predicted octanol–water partition coefficient (Wildman–Crippen LogP) is 5.86. The molecule has 0 spiro atoms. The SMILES string of the molecule is CNC(=O)c1c(-c2ccc(F)cc2)oc2cc(N(C)S(C)(=O)=O)c(-c3cc(-c4cc5ccccc5o4)cnn3)cc12. The molecule has 3 heterocycles. The van der Waals surface area contributed by atoms with E-state index in [9.17, 15) is 17.6 Å². The highest BCUT2D eigenvalue weighted by Crippen LogP contribution is 2.41. The van der Waals surface area contributed by atoms with E-state index < -0.39 is 21.7 Å². The number of anilines is 1. The highest BCUT2D eigenvalue weighted by Gasteiger charge is 2.26. The summed E-state index contributed by atoms with van der Waals surface area (Å²) in [4.78, 5) is 13.1. The number of halogens is 1. The third-order valence-corrected chi connectivity index (χ3v) is 8.04. The maximum absolute atomic E-state index is 13.7. The van der Waals surface area contributed by atoms with Crippen LogP contribution in [0.3, 0.4) is 0 Å². The molecular formula is C30H23FN4O5S. The zero-order valence-corrected chi connectivity index (χ0v) is 23.0. The number of carbonyl (C=O) groups excluding carboxylic acids is 1. The Kier molecular flexibility index (Phi) is 6.30. The average molecular weight is 571 g/mol. The van der Waals surface area contributed by atoms with Crippen molar-refractivity contribution in [1.29, 1.82) is 0 Å². The van der Waals surface area contributed by atoms with Crippen molar-refractivity contribution in [3.8, 4) is 33.9 Å². The Labute approximate surface area is 234 Å². The van der Waals surface area contributed by atoms with E-state index in [1.54, 1.807) is 24.4 Å². The average Bonchev–Trinajstić information content (AvgIpc) is 3.57. The van der Waals surface area contributed by atoms with Crippen LogP contribution in [-0.4, -0.2) is 44.9 Å². The van der Waals surface area contributed by atoms with Crippen LogP contribution in [0.5, 0.6) is 0 Å². The van der Waals surface area contributed by atoms with Gasteiger partial charge in [0.05, 0.1) is 29.4 Å². The second kappa shape index (κ2) is 9.86. The molecule has 206 valence electrons. The number of hydrogen-bond donors (Lipinski definition) is 1. The number of nitrogens with zero attached hydrogens (tertiary/aromatic N) is 3. The number of benzene rings is 3. The van der Waals surface area contributed by atoms with E-state index in [0.29, 0.717) is 39.1 Å². The fraction of sp³-hybridized carbons (Fsp3) is 0.100. The van der Waals surface area contributed by atoms with E-state index in [1.807, 2.05) is 30.3 Å². The minimum atomic E-state index is -3.71. The van der Waals surface area contributed by atoms with Crippen LogP contribution in [0.1, 0.15) is 10.4 Å². The van der Waals surface area contributed by atoms with Crippen molar-refractivity contribution in [3.05, 3.63) is 90.4 Å². The summed E-state index contributed by atoms with van der Waals surface area (Å²) in [6.45, 7) is 0. The van der Waals surface area contributed by atoms with Gasteiger partial charge in [-0.1, -0.05) is 18.2 Å². The van der Waals surface area contributed by atoms with E-state index in [-0.39, 0.29) is 22.6 Å². The molecule has 0 unspecified atom stereocenters. The summed E-state index contributed by atoms with van der Waals surface area (Å²) in [5, 5.41) is 12.4. The van der Waals surface area contributed by atoms with Gasteiger partial charge in [0, 0.05) is 47.6 Å². The number of para-hydroxylation sites is 1. The number of rotatable bonds is 6. The van der Waals surface area contributed by atoms with Crippen LogP contribution in [0.15, 0.2) is 87.8 Å². The monoisotopic (exact) mass is 570 g/mol. The largest absolute Gasteiger partial charge is 0.456 e. The molecule has 0 aliphatic rings. The molecule has 0 fully saturated rings. The normalized spacial score (nSPS) is 11.7. The Balaban J connectivity index is 1.61. The molecular weight excluding hydrogens is 547 g/mol. The summed E-state index contributed by atoms with van der Waals surface area (Å²) in [5.74, 6) is -0.0880. The maximum Gasteiger partial charge on any atom is 0.255 e. The number of nitrogens with one attached hydrogen (secondary N) is 1. The molecule has 1 amide bonds. The van der Waals surface area contributed by atoms with Crippen molar-refractivity contribution in [1.82, 2.24) is 15.5 Å². The lowest BCUT2D eigenvalue weighted by molar-refractivity contribution is 0.0964. The van der Waals surface area contributed by atoms with Crippen LogP contribution < -0.4 is 9.62 Å². The first kappa shape index (κ1) is 26.2. The van der Waals surface area contributed by atoms with Crippen molar-refractivity contribution in [2.75, 3.05) is 24.7 Å². The lowest BCUT2D eigenvalue weighted by Crippen LogP contribution is -2.25. The molecule has 0 radical (unpaired) electrons. The van der Waals surface area contributed by atoms with Gasteiger partial charge in [-0.15, -0.1) is 0 Å². The molecule has 6 aromatic rings. The number of carbonyl (C=O) groups is 1. The highest BCUT2D eigenvalue weighted by atomic mass is 32.2. The topological polar surface area (TPSA) is 119 Å². The van der Waals surface area contributed by atoms with Gasteiger partial charge >= 0.3 is 0 Å². The van der Waals surface area contributed by atoms with Crippen LogP contribution >= 0.6 is 0 Å². The van der Waals surface area contributed by atoms with Crippen LogP contribution in [0, 0.1) is 5.82 Å². The highest BCUT2D eigenvalue weighted by molar-refractivity contribution is 7.92. The summed E-state index contributed by atoms with van der Waals surface area (Å²) in [5.41, 5.74) is 3.30. The first-order chi connectivity index (χ1) is 19.6. The number of furan rings is 2. The zero-order chi connectivity index (χ0) is 28.9. The molecule has 1 N–H and O–H groups in total. The number of sulfonamides is 1. The summed E-state index contributed by atoms with van der Waals surface area (Å²) in [6, 6.07) is 20.0. The van der Waals surface area contributed by atoms with Crippen molar-refractivity contribution >= 4 is 43.6 Å². The number of fused-ring (bicyclic) bond motifs is 2. The molecule has 0 aliphatic heterocycles. The first-order valence-corrected chi connectivity index (χ1v) is 14.3. The van der Waals surface area contributed by atoms with Gasteiger partial charge in [-0.2, -0.15) is 10.2 Å². The second-order valence-electron chi connectivity index (χ2n) is 9.47. The second-order valence-corrected chi connectivity index (χ2v) is 11.5. The molecule has 41 heavy (non-hydrogen) atoms. The molecule has 3 aromatic heterocycles. The lowest BCUT2D eigenvalue weighted by atomic mass is 10.0. The number of aromatic nitrogens is 2. The van der Waals surface area contributed by atoms with E-state index in [0.717, 1.165) is 15.9 Å². The molecule has 0 saturated carbocycles. The third-order valence-electron chi connectivity index (χ3n) is 6.84. The molecule has 6 rings (SSSR count). The Morgan fingerprint density at radius 1 is 0.951 bits per heavy atom. The van der Waals surface area contributed by atoms with Crippen LogP contribution in [0.25, 0.3) is 55.8 Å². The summed E-state index contributed by atoms with van der Waals surface area (Å²) < 4.78 is 52.2. The Morgan fingerprint density at radius 3 is 2.41 bits per heavy atom. The molecule has 3 aromatic carbocycles. The quantitative estimate of drug-likeness (QED) is 0.266. The van der Waals surface area contributed by atoms with E-state index in [2.05, 4.69) is 15.5 Å². The molecule has 0 aliphatic carbocycles. The van der Waals surface area contributed by atoms with Crippen LogP contribution in [0.2, 0.25) is 0 Å². The Hall–Kier alpha value is -5.03. The van der Waals surface area contributed by atoms with Crippen molar-refractivity contribution in [2.24, 2.45) is 0 Å². The van der Waals surface area contributed by atoms with E-state index in [4.69, 9.17) is 8.83 Å². The predicted molar refractivity (Wildman–Crippen MR) is 154 cm³/mol. The summed E-state index contributed by atoms with van der Waals surface area (Å²) in [6.07, 6.45) is 2.64. The first-order valence-electron chi connectivity index (χ1n) is 12.5. The van der Waals surface area contributed by atoms with Gasteiger partial charge in [-0.05, 0) is 48.5 Å². The number of hydrogen-bond acceptors (Lipinski definition) is 7. The van der Waals surface area contributed by atoms with Crippen LogP contribution in [0.4, 0.5) is 10.1 Å². The van der Waals surface area contributed by atoms with Gasteiger partial charge in [0.25, 0.3) is 5.91 Å². The maximum atomic E-state index is 13.7. The summed E-state index contributed by atoms with van der Waals surface area (Å²) in [7, 11) is -0.805. The summed E-state index contributed by atoms with van der Waals surface area (Å²) >= 11 is 0. The van der Waals surface area contributed by atoms with Gasteiger partial charge in [-0.3, -0.25) is 9.10 Å².